The summed E-state index contributed by atoms with van der Waals surface area (Å²) in [6.07, 6.45) is 0.471. The van der Waals surface area contributed by atoms with Gasteiger partial charge < -0.3 is 0 Å². The van der Waals surface area contributed by atoms with Crippen molar-refractivity contribution in [2.75, 3.05) is 6.67 Å². The molecule has 0 saturated carbocycles. The van der Waals surface area contributed by atoms with Gasteiger partial charge in [0.2, 0.25) is 0 Å². The Balaban J connectivity index is 3.86. The van der Waals surface area contributed by atoms with E-state index in [9.17, 15) is 8.78 Å². The van der Waals surface area contributed by atoms with Gasteiger partial charge in [0.1, 0.15) is 6.67 Å². The smallest absolute Gasteiger partial charge is 0.113 e. The quantitative estimate of drug-likeness (QED) is 0.525. The van der Waals surface area contributed by atoms with E-state index in [0.717, 1.165) is 0 Å². The van der Waals surface area contributed by atoms with Crippen molar-refractivity contribution in [2.45, 2.75) is 20.3 Å². The fraction of sp³-hybridized carbons (Fsp3) is 0.667. The van der Waals surface area contributed by atoms with Gasteiger partial charge in [-0.25, -0.2) is 8.78 Å². The van der Waals surface area contributed by atoms with Gasteiger partial charge in [0.15, 0.2) is 0 Å². The van der Waals surface area contributed by atoms with Crippen LogP contribution in [0, 0.1) is 0 Å². The van der Waals surface area contributed by atoms with Crippen LogP contribution in [0.5, 0.6) is 0 Å². The third kappa shape index (κ3) is 2.05. The Kier molecular flexibility index (Phi) is 3.40. The first-order valence-corrected chi connectivity index (χ1v) is 2.62. The highest BCUT2D eigenvalue weighted by Crippen LogP contribution is 2.08. The lowest BCUT2D eigenvalue weighted by molar-refractivity contribution is 0.509. The van der Waals surface area contributed by atoms with Gasteiger partial charge in [-0.3, -0.25) is 0 Å². The van der Waals surface area contributed by atoms with Crippen LogP contribution in [0.15, 0.2) is 11.4 Å². The van der Waals surface area contributed by atoms with Gasteiger partial charge in [-0.05, 0) is 18.9 Å². The van der Waals surface area contributed by atoms with E-state index in [2.05, 4.69) is 0 Å². The maximum absolute atomic E-state index is 12.0. The van der Waals surface area contributed by atoms with E-state index in [1.165, 1.54) is 6.92 Å². The molecule has 48 valence electrons. The zero-order chi connectivity index (χ0) is 6.57. The molecule has 0 bridgehead atoms. The van der Waals surface area contributed by atoms with Crippen LogP contribution in [0.25, 0.3) is 0 Å². The molecule has 0 amide bonds. The lowest BCUT2D eigenvalue weighted by atomic mass is 10.2. The van der Waals surface area contributed by atoms with Gasteiger partial charge in [-0.15, -0.1) is 0 Å². The van der Waals surface area contributed by atoms with Crippen LogP contribution in [0.3, 0.4) is 0 Å². The highest BCUT2D eigenvalue weighted by Gasteiger charge is 1.96. The first kappa shape index (κ1) is 7.60. The van der Waals surface area contributed by atoms with Crippen molar-refractivity contribution in [3.05, 3.63) is 11.4 Å². The molecule has 0 aliphatic carbocycles. The minimum atomic E-state index is -0.654. The second-order valence-corrected chi connectivity index (χ2v) is 1.62. The maximum atomic E-state index is 12.0. The van der Waals surface area contributed by atoms with Crippen LogP contribution in [-0.4, -0.2) is 6.67 Å². The molecule has 0 N–H and O–H groups in total. The molecular formula is C6H10F2. The standard InChI is InChI=1S/C6H10F2/c1-3-6(4-7)5(2)8/h3-4H2,1-2H3/b6-5+. The Hall–Kier alpha value is -0.400. The molecule has 0 atom stereocenters. The SMILES string of the molecule is CC/C(CF)=C(/C)F. The van der Waals surface area contributed by atoms with E-state index < -0.39 is 6.67 Å². The predicted molar refractivity (Wildman–Crippen MR) is 30.1 cm³/mol. The highest BCUT2D eigenvalue weighted by atomic mass is 19.1. The van der Waals surface area contributed by atoms with Crippen LogP contribution < -0.4 is 0 Å². The van der Waals surface area contributed by atoms with Crippen LogP contribution >= 0.6 is 0 Å². The lowest BCUT2D eigenvalue weighted by Gasteiger charge is -1.94. The summed E-state index contributed by atoms with van der Waals surface area (Å²) in [7, 11) is 0. The number of hydrogen-bond donors (Lipinski definition) is 0. The normalized spacial score (nSPS) is 13.5. The third-order valence-electron chi connectivity index (χ3n) is 1.08. The van der Waals surface area contributed by atoms with E-state index >= 15 is 0 Å². The van der Waals surface area contributed by atoms with Gasteiger partial charge in [0.05, 0.1) is 5.83 Å². The van der Waals surface area contributed by atoms with E-state index in [0.29, 0.717) is 6.42 Å². The Morgan fingerprint density at radius 1 is 1.50 bits per heavy atom. The largest absolute Gasteiger partial charge is 0.246 e. The van der Waals surface area contributed by atoms with Gasteiger partial charge in [-0.2, -0.15) is 0 Å². The number of hydrogen-bond acceptors (Lipinski definition) is 0. The Labute approximate surface area is 48.2 Å². The van der Waals surface area contributed by atoms with Crippen LogP contribution in [-0.2, 0) is 0 Å². The molecule has 0 aliphatic heterocycles. The number of rotatable bonds is 2. The molecule has 0 fully saturated rings. The summed E-state index contributed by atoms with van der Waals surface area (Å²) >= 11 is 0. The van der Waals surface area contributed by atoms with Crippen molar-refractivity contribution in [1.82, 2.24) is 0 Å². The van der Waals surface area contributed by atoms with Crippen LogP contribution in [0.2, 0.25) is 0 Å². The van der Waals surface area contributed by atoms with E-state index in [-0.39, 0.29) is 11.4 Å². The summed E-state index contributed by atoms with van der Waals surface area (Å²) in [5.74, 6) is -0.380. The maximum Gasteiger partial charge on any atom is 0.113 e. The third-order valence-corrected chi connectivity index (χ3v) is 1.08. The molecule has 2 heteroatoms. The van der Waals surface area contributed by atoms with E-state index in [1.807, 2.05) is 0 Å². The molecule has 0 saturated heterocycles. The molecular weight excluding hydrogens is 110 g/mol. The van der Waals surface area contributed by atoms with Crippen molar-refractivity contribution in [3.63, 3.8) is 0 Å². The van der Waals surface area contributed by atoms with Crippen LogP contribution in [0.1, 0.15) is 20.3 Å². The fourth-order valence-electron chi connectivity index (χ4n) is 0.430. The molecule has 0 spiro atoms. The average Bonchev–Trinajstić information content (AvgIpc) is 1.69. The highest BCUT2D eigenvalue weighted by molar-refractivity contribution is 5.04. The Bertz CT molecular complexity index is 84.7. The molecule has 0 nitrogen and oxygen atoms in total. The summed E-state index contributed by atoms with van der Waals surface area (Å²) in [6, 6.07) is 0. The minimum absolute atomic E-state index is 0.269. The Morgan fingerprint density at radius 2 is 2.00 bits per heavy atom. The first-order valence-electron chi connectivity index (χ1n) is 2.62. The summed E-state index contributed by atoms with van der Waals surface area (Å²) in [6.45, 7) is 2.36. The molecule has 0 rings (SSSR count). The zero-order valence-corrected chi connectivity index (χ0v) is 5.17. The molecule has 8 heavy (non-hydrogen) atoms. The van der Waals surface area contributed by atoms with Crippen molar-refractivity contribution >= 4 is 0 Å². The van der Waals surface area contributed by atoms with Crippen molar-refractivity contribution in [2.24, 2.45) is 0 Å². The topological polar surface area (TPSA) is 0 Å². The van der Waals surface area contributed by atoms with Gasteiger partial charge in [0, 0.05) is 0 Å². The molecule has 0 aromatic heterocycles. The fourth-order valence-corrected chi connectivity index (χ4v) is 0.430. The van der Waals surface area contributed by atoms with Gasteiger partial charge in [-0.1, -0.05) is 6.92 Å². The summed E-state index contributed by atoms with van der Waals surface area (Å²) in [4.78, 5) is 0. The lowest BCUT2D eigenvalue weighted by Crippen LogP contribution is -1.84. The molecule has 0 radical (unpaired) electrons. The first-order chi connectivity index (χ1) is 3.72. The molecule has 0 aliphatic rings. The van der Waals surface area contributed by atoms with Crippen molar-refractivity contribution in [3.8, 4) is 0 Å². The van der Waals surface area contributed by atoms with Crippen molar-refractivity contribution < 1.29 is 8.78 Å². The van der Waals surface area contributed by atoms with Crippen molar-refractivity contribution in [1.29, 1.82) is 0 Å². The second-order valence-electron chi connectivity index (χ2n) is 1.62. The molecule has 0 aromatic rings. The Morgan fingerprint density at radius 3 is 2.00 bits per heavy atom. The second kappa shape index (κ2) is 3.58. The van der Waals surface area contributed by atoms with E-state index in [4.69, 9.17) is 0 Å². The van der Waals surface area contributed by atoms with E-state index in [1.54, 1.807) is 6.92 Å². The number of allylic oxidation sites excluding steroid dienone is 2. The van der Waals surface area contributed by atoms with Gasteiger partial charge in [0.25, 0.3) is 0 Å². The summed E-state index contributed by atoms with van der Waals surface area (Å²) in [5, 5.41) is 0. The molecule has 0 unspecified atom stereocenters. The average molecular weight is 120 g/mol. The molecule has 0 heterocycles. The predicted octanol–water partition coefficient (Wildman–Crippen LogP) is 2.61. The minimum Gasteiger partial charge on any atom is -0.246 e. The monoisotopic (exact) mass is 120 g/mol. The summed E-state index contributed by atoms with van der Waals surface area (Å²) < 4.78 is 23.6. The van der Waals surface area contributed by atoms with Gasteiger partial charge >= 0.3 is 0 Å². The number of halogens is 2. The summed E-state index contributed by atoms with van der Waals surface area (Å²) in [5.41, 5.74) is 0.269. The zero-order valence-electron chi connectivity index (χ0n) is 5.17. The van der Waals surface area contributed by atoms with Crippen LogP contribution in [0.4, 0.5) is 8.78 Å². The molecule has 0 aromatic carbocycles. The number of alkyl halides is 1.